The van der Waals surface area contributed by atoms with Crippen LogP contribution in [0, 0.1) is 0 Å². The van der Waals surface area contributed by atoms with Crippen molar-refractivity contribution in [2.75, 3.05) is 11.9 Å². The first-order chi connectivity index (χ1) is 9.35. The molecule has 4 heteroatoms. The van der Waals surface area contributed by atoms with Gasteiger partial charge in [-0.3, -0.25) is 0 Å². The van der Waals surface area contributed by atoms with E-state index in [0.29, 0.717) is 11.0 Å². The third-order valence-electron chi connectivity index (χ3n) is 4.44. The van der Waals surface area contributed by atoms with Gasteiger partial charge >= 0.3 is 0 Å². The molecule has 0 amide bonds. The zero-order valence-electron chi connectivity index (χ0n) is 12.2. The predicted octanol–water partition coefficient (Wildman–Crippen LogP) is 2.53. The summed E-state index contributed by atoms with van der Waals surface area (Å²) in [5, 5.41) is 19.8. The van der Waals surface area contributed by atoms with Crippen molar-refractivity contribution in [3.8, 4) is 0 Å². The van der Waals surface area contributed by atoms with Gasteiger partial charge in [0.25, 0.3) is 0 Å². The number of benzene rings is 1. The summed E-state index contributed by atoms with van der Waals surface area (Å²) in [5.74, 6) is 0.380. The van der Waals surface area contributed by atoms with E-state index in [1.165, 1.54) is 11.3 Å². The first-order valence-electron chi connectivity index (χ1n) is 6.75. The van der Waals surface area contributed by atoms with E-state index in [1.54, 1.807) is 7.85 Å². The average Bonchev–Trinajstić information content (AvgIpc) is 2.64. The molecule has 0 fully saturated rings. The third-order valence-corrected chi connectivity index (χ3v) is 4.44. The van der Waals surface area contributed by atoms with Gasteiger partial charge in [-0.2, -0.15) is 0 Å². The second-order valence-corrected chi connectivity index (χ2v) is 5.97. The van der Waals surface area contributed by atoms with Crippen LogP contribution in [-0.4, -0.2) is 25.1 Å². The number of aliphatic hydroxyl groups is 2. The summed E-state index contributed by atoms with van der Waals surface area (Å²) in [7, 11) is 3.73. The lowest BCUT2D eigenvalue weighted by Crippen LogP contribution is -2.24. The Morgan fingerprint density at radius 2 is 1.80 bits per heavy atom. The second kappa shape index (κ2) is 3.95. The average molecular weight is 267 g/mol. The Kier molecular flexibility index (Phi) is 2.55. The van der Waals surface area contributed by atoms with Crippen LogP contribution in [0.3, 0.4) is 0 Å². The van der Waals surface area contributed by atoms with Gasteiger partial charge in [-0.1, -0.05) is 32.0 Å². The smallest absolute Gasteiger partial charge is 0.149 e. The second-order valence-electron chi connectivity index (χ2n) is 5.97. The van der Waals surface area contributed by atoms with Gasteiger partial charge in [-0.25, -0.2) is 0 Å². The molecule has 0 atom stereocenters. The van der Waals surface area contributed by atoms with Crippen molar-refractivity contribution < 1.29 is 10.2 Å². The molecule has 1 aromatic rings. The minimum absolute atomic E-state index is 0.150. The molecule has 1 aliphatic heterocycles. The van der Waals surface area contributed by atoms with E-state index in [1.807, 2.05) is 25.3 Å². The Morgan fingerprint density at radius 3 is 2.40 bits per heavy atom. The van der Waals surface area contributed by atoms with Crippen molar-refractivity contribution in [3.63, 3.8) is 0 Å². The Bertz CT molecular complexity index is 698. The van der Waals surface area contributed by atoms with Crippen LogP contribution in [0.25, 0.3) is 0 Å². The maximum atomic E-state index is 9.88. The molecule has 0 radical (unpaired) electrons. The number of hydrogen-bond donors (Lipinski definition) is 2. The zero-order valence-corrected chi connectivity index (χ0v) is 12.2. The van der Waals surface area contributed by atoms with E-state index < -0.39 is 0 Å². The van der Waals surface area contributed by atoms with E-state index in [2.05, 4.69) is 30.9 Å². The first kappa shape index (κ1) is 12.9. The van der Waals surface area contributed by atoms with Gasteiger partial charge in [-0.15, -0.1) is 0 Å². The Morgan fingerprint density at radius 1 is 1.15 bits per heavy atom. The minimum Gasteiger partial charge on any atom is -0.508 e. The lowest BCUT2D eigenvalue weighted by atomic mass is 9.77. The summed E-state index contributed by atoms with van der Waals surface area (Å²) in [4.78, 5) is 2.12. The highest BCUT2D eigenvalue weighted by Crippen LogP contribution is 2.48. The molecular formula is C16H18BNO2. The van der Waals surface area contributed by atoms with Crippen molar-refractivity contribution in [2.45, 2.75) is 19.3 Å². The van der Waals surface area contributed by atoms with Gasteiger partial charge < -0.3 is 15.1 Å². The summed E-state index contributed by atoms with van der Waals surface area (Å²) in [6.45, 7) is 4.32. The number of likely N-dealkylation sites (N-methyl/N-ethyl adjacent to an activating group) is 1. The zero-order chi connectivity index (χ0) is 14.7. The number of fused-ring (bicyclic) bond motifs is 1. The molecule has 2 aliphatic rings. The van der Waals surface area contributed by atoms with Crippen LogP contribution in [0.1, 0.15) is 19.4 Å². The van der Waals surface area contributed by atoms with Crippen molar-refractivity contribution in [2.24, 2.45) is 0 Å². The highest BCUT2D eigenvalue weighted by atomic mass is 16.3. The number of rotatable bonds is 1. The molecule has 0 saturated heterocycles. The molecule has 0 bridgehead atoms. The number of aliphatic hydroxyl groups excluding tert-OH is 2. The number of hydrogen-bond acceptors (Lipinski definition) is 3. The summed E-state index contributed by atoms with van der Waals surface area (Å²) in [6, 6.07) is 8.28. The lowest BCUT2D eigenvalue weighted by molar-refractivity contribution is 0.359. The molecule has 3 nitrogen and oxygen atoms in total. The molecule has 1 aliphatic carbocycles. The van der Waals surface area contributed by atoms with Gasteiger partial charge in [0.1, 0.15) is 19.4 Å². The SMILES string of the molecule is BC1=C(O)C(C=C2N(C)c3ccccc3C2(C)C)=C1O. The van der Waals surface area contributed by atoms with Crippen molar-refractivity contribution >= 4 is 13.5 Å². The third kappa shape index (κ3) is 1.48. The standard InChI is InChI=1S/C16H18BNO2/c1-16(2)10-6-4-5-7-11(10)18(3)12(16)8-9-14(19)13(17)15(9)20/h4-8,19-20H,17H2,1-3H3. The van der Waals surface area contributed by atoms with Crippen molar-refractivity contribution in [1.82, 2.24) is 0 Å². The number of anilines is 1. The van der Waals surface area contributed by atoms with Crippen LogP contribution in [0.4, 0.5) is 5.69 Å². The van der Waals surface area contributed by atoms with E-state index in [9.17, 15) is 10.2 Å². The highest BCUT2D eigenvalue weighted by molar-refractivity contribution is 6.26. The summed E-state index contributed by atoms with van der Waals surface area (Å²) >= 11 is 0. The fourth-order valence-corrected chi connectivity index (χ4v) is 3.10. The van der Waals surface area contributed by atoms with E-state index in [0.717, 1.165) is 5.70 Å². The van der Waals surface area contributed by atoms with Gasteiger partial charge in [0.15, 0.2) is 0 Å². The largest absolute Gasteiger partial charge is 0.508 e. The van der Waals surface area contributed by atoms with Crippen LogP contribution in [0.15, 0.2) is 58.6 Å². The fraction of sp³-hybridized carbons (Fsp3) is 0.250. The quantitative estimate of drug-likeness (QED) is 0.768. The summed E-state index contributed by atoms with van der Waals surface area (Å²) < 4.78 is 0. The van der Waals surface area contributed by atoms with Crippen molar-refractivity contribution in [3.05, 3.63) is 64.2 Å². The Balaban J connectivity index is 2.10. The lowest BCUT2D eigenvalue weighted by Gasteiger charge is -2.27. The number of nitrogens with zero attached hydrogens (tertiary/aromatic N) is 1. The van der Waals surface area contributed by atoms with Gasteiger partial charge in [-0.05, 0) is 23.2 Å². The molecule has 20 heavy (non-hydrogen) atoms. The molecule has 3 rings (SSSR count). The normalized spacial score (nSPS) is 22.4. The summed E-state index contributed by atoms with van der Waals surface area (Å²) in [6.07, 6.45) is 1.89. The molecule has 1 aromatic carbocycles. The summed E-state index contributed by atoms with van der Waals surface area (Å²) in [5.41, 5.74) is 4.44. The number of allylic oxidation sites excluding steroid dienone is 3. The molecule has 0 aromatic heterocycles. The molecule has 1 heterocycles. The molecule has 0 spiro atoms. The first-order valence-corrected chi connectivity index (χ1v) is 6.75. The maximum absolute atomic E-state index is 9.88. The predicted molar refractivity (Wildman–Crippen MR) is 83.8 cm³/mol. The van der Waals surface area contributed by atoms with Crippen LogP contribution in [-0.2, 0) is 5.41 Å². The van der Waals surface area contributed by atoms with Crippen LogP contribution in [0.5, 0.6) is 0 Å². The fourth-order valence-electron chi connectivity index (χ4n) is 3.10. The van der Waals surface area contributed by atoms with Crippen LogP contribution < -0.4 is 4.90 Å². The highest BCUT2D eigenvalue weighted by Gasteiger charge is 2.39. The van der Waals surface area contributed by atoms with Gasteiger partial charge in [0.05, 0.1) is 5.57 Å². The molecule has 0 saturated carbocycles. The van der Waals surface area contributed by atoms with Crippen molar-refractivity contribution in [1.29, 1.82) is 0 Å². The molecule has 0 unspecified atom stereocenters. The van der Waals surface area contributed by atoms with E-state index >= 15 is 0 Å². The van der Waals surface area contributed by atoms with Crippen LogP contribution >= 0.6 is 0 Å². The monoisotopic (exact) mass is 267 g/mol. The van der Waals surface area contributed by atoms with E-state index in [4.69, 9.17) is 0 Å². The molecule has 102 valence electrons. The number of para-hydroxylation sites is 1. The Labute approximate surface area is 120 Å². The van der Waals surface area contributed by atoms with E-state index in [-0.39, 0.29) is 16.9 Å². The molecule has 2 N–H and O–H groups in total. The topological polar surface area (TPSA) is 43.7 Å². The Hall–Kier alpha value is -2.10. The van der Waals surface area contributed by atoms with Gasteiger partial charge in [0.2, 0.25) is 0 Å². The van der Waals surface area contributed by atoms with Gasteiger partial charge in [0, 0.05) is 23.8 Å². The van der Waals surface area contributed by atoms with Crippen LogP contribution in [0.2, 0.25) is 0 Å². The maximum Gasteiger partial charge on any atom is 0.149 e. The minimum atomic E-state index is -0.150. The molecular weight excluding hydrogens is 249 g/mol.